The van der Waals surface area contributed by atoms with Crippen LogP contribution in [0.4, 0.5) is 0 Å². The molecule has 252 valence electrons. The summed E-state index contributed by atoms with van der Waals surface area (Å²) >= 11 is 6.84. The molecule has 3 atom stereocenters. The van der Waals surface area contributed by atoms with E-state index in [2.05, 4.69) is 42.2 Å². The quantitative estimate of drug-likeness (QED) is 0.188. The largest absolute Gasteiger partial charge is 0.493 e. The first-order valence-corrected chi connectivity index (χ1v) is 17.5. The van der Waals surface area contributed by atoms with Gasteiger partial charge in [-0.15, -0.1) is 0 Å². The number of aliphatic hydroxyl groups is 1. The van der Waals surface area contributed by atoms with Crippen LogP contribution in [0.3, 0.4) is 0 Å². The molecule has 0 aromatic heterocycles. The summed E-state index contributed by atoms with van der Waals surface area (Å²) in [5, 5.41) is 20.1. The zero-order valence-corrected chi connectivity index (χ0v) is 28.3. The van der Waals surface area contributed by atoms with Gasteiger partial charge in [0, 0.05) is 37.8 Å². The number of aliphatic carboxylic acids is 1. The number of carbonyl (C=O) groups is 1. The maximum Gasteiger partial charge on any atom is 0.320 e. The lowest BCUT2D eigenvalue weighted by atomic mass is 9.93. The van der Waals surface area contributed by atoms with Gasteiger partial charge in [0.2, 0.25) is 0 Å². The van der Waals surface area contributed by atoms with Crippen LogP contribution < -0.4 is 14.2 Å². The van der Waals surface area contributed by atoms with Crippen molar-refractivity contribution in [3.8, 4) is 28.4 Å². The fourth-order valence-corrected chi connectivity index (χ4v) is 7.68. The number of aliphatic hydroxyl groups excluding tert-OH is 1. The Bertz CT molecular complexity index is 1560. The SMILES string of the molecule is CCOc1cc(O[C@H]2CCc3c(-c4cccc(OCCCN5CC[C@@H](O)C5)c4C)cccc32)c(Cl)cc1CN1CCCC[C@H]1C(=O)O. The molecule has 9 heteroatoms. The maximum absolute atomic E-state index is 11.9. The number of rotatable bonds is 13. The Morgan fingerprint density at radius 2 is 1.81 bits per heavy atom. The van der Waals surface area contributed by atoms with Gasteiger partial charge in [0.1, 0.15) is 29.4 Å². The van der Waals surface area contributed by atoms with Crippen molar-refractivity contribution in [2.75, 3.05) is 39.4 Å². The van der Waals surface area contributed by atoms with E-state index in [1.54, 1.807) is 0 Å². The molecular formula is C38H47ClN2O6. The Morgan fingerprint density at radius 1 is 0.979 bits per heavy atom. The summed E-state index contributed by atoms with van der Waals surface area (Å²) in [6.45, 7) is 9.05. The Balaban J connectivity index is 1.17. The molecule has 1 aliphatic carbocycles. The highest BCUT2D eigenvalue weighted by Crippen LogP contribution is 2.44. The second-order valence-electron chi connectivity index (χ2n) is 13.0. The van der Waals surface area contributed by atoms with Crippen molar-refractivity contribution in [1.29, 1.82) is 0 Å². The summed E-state index contributed by atoms with van der Waals surface area (Å²) < 4.78 is 18.9. The lowest BCUT2D eigenvalue weighted by Crippen LogP contribution is -2.44. The highest BCUT2D eigenvalue weighted by molar-refractivity contribution is 6.32. The van der Waals surface area contributed by atoms with Gasteiger partial charge < -0.3 is 29.3 Å². The minimum atomic E-state index is -0.780. The summed E-state index contributed by atoms with van der Waals surface area (Å²) in [5.74, 6) is 1.38. The Hall–Kier alpha value is -3.30. The van der Waals surface area contributed by atoms with Crippen LogP contribution in [-0.4, -0.2) is 77.5 Å². The van der Waals surface area contributed by atoms with Crippen LogP contribution in [0.25, 0.3) is 11.1 Å². The molecule has 3 aromatic carbocycles. The van der Waals surface area contributed by atoms with E-state index >= 15 is 0 Å². The number of piperidine rings is 1. The molecule has 0 radical (unpaired) electrons. The molecule has 0 saturated carbocycles. The molecule has 0 spiro atoms. The van der Waals surface area contributed by atoms with Gasteiger partial charge in [-0.3, -0.25) is 9.69 Å². The number of carboxylic acid groups (broad SMARTS) is 1. The van der Waals surface area contributed by atoms with Gasteiger partial charge >= 0.3 is 5.97 Å². The fraction of sp³-hybridized carbons (Fsp3) is 0.500. The van der Waals surface area contributed by atoms with Crippen molar-refractivity contribution in [2.24, 2.45) is 0 Å². The molecule has 0 unspecified atom stereocenters. The van der Waals surface area contributed by atoms with E-state index in [-0.39, 0.29) is 12.2 Å². The van der Waals surface area contributed by atoms with Crippen molar-refractivity contribution in [3.63, 3.8) is 0 Å². The van der Waals surface area contributed by atoms with Gasteiger partial charge in [0.25, 0.3) is 0 Å². The number of ether oxygens (including phenoxy) is 3. The Kier molecular flexibility index (Phi) is 10.9. The third-order valence-electron chi connectivity index (χ3n) is 9.87. The highest BCUT2D eigenvalue weighted by Gasteiger charge is 2.31. The third kappa shape index (κ3) is 7.72. The lowest BCUT2D eigenvalue weighted by Gasteiger charge is -2.33. The predicted octanol–water partition coefficient (Wildman–Crippen LogP) is 7.06. The van der Waals surface area contributed by atoms with Gasteiger partial charge in [-0.05, 0) is 98.9 Å². The van der Waals surface area contributed by atoms with Crippen LogP contribution in [-0.2, 0) is 17.8 Å². The molecule has 2 N–H and O–H groups in total. The van der Waals surface area contributed by atoms with E-state index in [0.29, 0.717) is 42.7 Å². The minimum absolute atomic E-state index is 0.148. The van der Waals surface area contributed by atoms with E-state index in [4.69, 9.17) is 25.8 Å². The fourth-order valence-electron chi connectivity index (χ4n) is 7.45. The number of halogens is 1. The van der Waals surface area contributed by atoms with Crippen molar-refractivity contribution < 1.29 is 29.2 Å². The first-order valence-electron chi connectivity index (χ1n) is 17.2. The predicted molar refractivity (Wildman–Crippen MR) is 184 cm³/mol. The van der Waals surface area contributed by atoms with Gasteiger partial charge in [-0.2, -0.15) is 0 Å². The van der Waals surface area contributed by atoms with Crippen molar-refractivity contribution >= 4 is 17.6 Å². The average Bonchev–Trinajstić information content (AvgIpc) is 3.68. The molecule has 0 amide bonds. The first kappa shape index (κ1) is 33.6. The van der Waals surface area contributed by atoms with Crippen molar-refractivity contribution in [2.45, 2.75) is 83.6 Å². The molecule has 6 rings (SSSR count). The molecule has 2 saturated heterocycles. The van der Waals surface area contributed by atoms with Crippen molar-refractivity contribution in [3.05, 3.63) is 75.8 Å². The van der Waals surface area contributed by atoms with Gasteiger partial charge in [0.15, 0.2) is 0 Å². The summed E-state index contributed by atoms with van der Waals surface area (Å²) in [6.07, 6.45) is 5.73. The zero-order chi connectivity index (χ0) is 32.9. The molecule has 3 aliphatic rings. The summed E-state index contributed by atoms with van der Waals surface area (Å²) in [5.41, 5.74) is 6.82. The van der Waals surface area contributed by atoms with Gasteiger partial charge in [0.05, 0.1) is 24.3 Å². The number of fused-ring (bicyclic) bond motifs is 1. The molecule has 3 aromatic rings. The summed E-state index contributed by atoms with van der Waals surface area (Å²) in [6, 6.07) is 16.0. The highest BCUT2D eigenvalue weighted by atomic mass is 35.5. The smallest absolute Gasteiger partial charge is 0.320 e. The maximum atomic E-state index is 11.9. The first-order chi connectivity index (χ1) is 22.8. The van der Waals surface area contributed by atoms with Crippen LogP contribution in [0.5, 0.6) is 17.2 Å². The summed E-state index contributed by atoms with van der Waals surface area (Å²) in [4.78, 5) is 16.2. The molecule has 8 nitrogen and oxygen atoms in total. The number of hydrogen-bond acceptors (Lipinski definition) is 7. The Labute approximate surface area is 283 Å². The Morgan fingerprint density at radius 3 is 2.60 bits per heavy atom. The minimum Gasteiger partial charge on any atom is -0.493 e. The van der Waals surface area contributed by atoms with Gasteiger partial charge in [-0.1, -0.05) is 48.4 Å². The third-order valence-corrected chi connectivity index (χ3v) is 10.2. The molecule has 2 fully saturated rings. The van der Waals surface area contributed by atoms with Gasteiger partial charge in [-0.25, -0.2) is 0 Å². The van der Waals surface area contributed by atoms with E-state index in [1.165, 1.54) is 16.7 Å². The number of hydrogen-bond donors (Lipinski definition) is 2. The monoisotopic (exact) mass is 662 g/mol. The van der Waals surface area contributed by atoms with Crippen LogP contribution in [0, 0.1) is 6.92 Å². The second kappa shape index (κ2) is 15.3. The van der Waals surface area contributed by atoms with Crippen LogP contribution >= 0.6 is 11.6 Å². The number of benzene rings is 3. The number of likely N-dealkylation sites (tertiary alicyclic amines) is 2. The van der Waals surface area contributed by atoms with E-state index in [1.807, 2.05) is 30.0 Å². The summed E-state index contributed by atoms with van der Waals surface area (Å²) in [7, 11) is 0. The average molecular weight is 663 g/mol. The topological polar surface area (TPSA) is 91.7 Å². The normalized spacial score (nSPS) is 21.5. The van der Waals surface area contributed by atoms with E-state index in [9.17, 15) is 15.0 Å². The molecule has 2 heterocycles. The molecule has 0 bridgehead atoms. The van der Waals surface area contributed by atoms with Crippen LogP contribution in [0.2, 0.25) is 5.02 Å². The molecular weight excluding hydrogens is 616 g/mol. The zero-order valence-electron chi connectivity index (χ0n) is 27.6. The van der Waals surface area contributed by atoms with E-state index < -0.39 is 12.0 Å². The van der Waals surface area contributed by atoms with E-state index in [0.717, 1.165) is 87.1 Å². The standard InChI is InChI=1S/C38H47ClN2O6/c1-3-45-36-22-37(32(39)21-26(36)23-41-18-5-4-12-33(41)38(43)44)47-35-15-14-30-29(10-6-11-31(30)35)28-9-7-13-34(25(28)2)46-20-8-17-40-19-16-27(42)24-40/h6-7,9-11,13,21-22,27,33,35,42H,3-5,8,12,14-20,23-24H2,1-2H3,(H,43,44)/t27-,33+,35+/m1/s1. The number of carboxylic acids is 1. The van der Waals surface area contributed by atoms with Crippen LogP contribution in [0.1, 0.15) is 73.8 Å². The number of β-amino-alcohol motifs (C(OH)–C–C–N with tert-alkyl or cyclic N) is 1. The number of nitrogens with zero attached hydrogens (tertiary/aromatic N) is 2. The van der Waals surface area contributed by atoms with Crippen LogP contribution in [0.15, 0.2) is 48.5 Å². The van der Waals surface area contributed by atoms with Crippen molar-refractivity contribution in [1.82, 2.24) is 9.80 Å². The molecule has 47 heavy (non-hydrogen) atoms. The lowest BCUT2D eigenvalue weighted by molar-refractivity contribution is -0.144. The second-order valence-corrected chi connectivity index (χ2v) is 13.4. The molecule has 2 aliphatic heterocycles.